The molecule has 0 aromatic heterocycles. The maximum absolute atomic E-state index is 10.0. The maximum Gasteiger partial charge on any atom is 0.134 e. The lowest BCUT2D eigenvalue weighted by Crippen LogP contribution is -1.90. The zero-order valence-corrected chi connectivity index (χ0v) is 6.14. The smallest absolute Gasteiger partial charge is 0.134 e. The van der Waals surface area contributed by atoms with Gasteiger partial charge >= 0.3 is 0 Å². The van der Waals surface area contributed by atoms with E-state index in [1.54, 1.807) is 6.92 Å². The van der Waals surface area contributed by atoms with Gasteiger partial charge in [0.1, 0.15) is 6.29 Å². The maximum atomic E-state index is 10.0. The summed E-state index contributed by atoms with van der Waals surface area (Å²) >= 11 is 0. The van der Waals surface area contributed by atoms with Crippen LogP contribution in [0.15, 0.2) is 0 Å². The first-order valence-electron chi connectivity index (χ1n) is 3.13. The highest BCUT2D eigenvalue weighted by atomic mass is 16.1. The van der Waals surface area contributed by atoms with Crippen molar-refractivity contribution in [3.8, 4) is 11.8 Å². The Balaban J connectivity index is 3.71. The first-order chi connectivity index (χ1) is 4.16. The van der Waals surface area contributed by atoms with Crippen LogP contribution >= 0.6 is 0 Å². The predicted molar refractivity (Wildman–Crippen MR) is 37.8 cm³/mol. The molecule has 0 aliphatic rings. The molecule has 1 unspecified atom stereocenters. The molecule has 0 rings (SSSR count). The fourth-order valence-electron chi connectivity index (χ4n) is 0.332. The lowest BCUT2D eigenvalue weighted by molar-refractivity contribution is -0.109. The van der Waals surface area contributed by atoms with E-state index in [0.717, 1.165) is 6.29 Å². The van der Waals surface area contributed by atoms with Crippen molar-refractivity contribution in [3.63, 3.8) is 0 Å². The predicted octanol–water partition coefficient (Wildman–Crippen LogP) is 1.48. The summed E-state index contributed by atoms with van der Waals surface area (Å²) in [5, 5.41) is 0. The average molecular weight is 124 g/mol. The van der Waals surface area contributed by atoms with Crippen LogP contribution in [0.3, 0.4) is 0 Å². The molecule has 0 heterocycles. The Labute approximate surface area is 56.5 Å². The van der Waals surface area contributed by atoms with Crippen molar-refractivity contribution in [3.05, 3.63) is 0 Å². The Hall–Kier alpha value is -0.770. The molecule has 0 saturated heterocycles. The summed E-state index contributed by atoms with van der Waals surface area (Å²) in [4.78, 5) is 10.0. The van der Waals surface area contributed by atoms with E-state index in [4.69, 9.17) is 0 Å². The first kappa shape index (κ1) is 8.23. The quantitative estimate of drug-likeness (QED) is 0.382. The van der Waals surface area contributed by atoms with Gasteiger partial charge in [-0.1, -0.05) is 25.7 Å². The van der Waals surface area contributed by atoms with Crippen molar-refractivity contribution >= 4 is 6.29 Å². The summed E-state index contributed by atoms with van der Waals surface area (Å²) in [5.41, 5.74) is 0. The van der Waals surface area contributed by atoms with Gasteiger partial charge < -0.3 is 4.79 Å². The van der Waals surface area contributed by atoms with Crippen LogP contribution in [0, 0.1) is 23.7 Å². The number of hydrogen-bond donors (Lipinski definition) is 0. The van der Waals surface area contributed by atoms with Crippen LogP contribution in [0.5, 0.6) is 0 Å². The SMILES string of the molecule is CC(C)C#CC(C)C=O. The highest BCUT2D eigenvalue weighted by Crippen LogP contribution is 1.89. The number of hydrogen-bond acceptors (Lipinski definition) is 1. The molecule has 0 aromatic rings. The molecule has 9 heavy (non-hydrogen) atoms. The Morgan fingerprint density at radius 3 is 2.11 bits per heavy atom. The van der Waals surface area contributed by atoms with Crippen molar-refractivity contribution < 1.29 is 4.79 Å². The second kappa shape index (κ2) is 4.14. The lowest BCUT2D eigenvalue weighted by Gasteiger charge is -1.89. The molecule has 1 heteroatoms. The lowest BCUT2D eigenvalue weighted by atomic mass is 10.1. The van der Waals surface area contributed by atoms with Crippen LogP contribution in [0.25, 0.3) is 0 Å². The normalized spacial score (nSPS) is 12.0. The van der Waals surface area contributed by atoms with Gasteiger partial charge in [-0.25, -0.2) is 0 Å². The molecule has 0 aliphatic carbocycles. The molecule has 0 N–H and O–H groups in total. The topological polar surface area (TPSA) is 17.1 Å². The monoisotopic (exact) mass is 124 g/mol. The average Bonchev–Trinajstić information content (AvgIpc) is 1.83. The van der Waals surface area contributed by atoms with Gasteiger partial charge in [-0.15, -0.1) is 0 Å². The van der Waals surface area contributed by atoms with E-state index in [1.807, 2.05) is 13.8 Å². The number of rotatable bonds is 1. The summed E-state index contributed by atoms with van der Waals surface area (Å²) < 4.78 is 0. The zero-order valence-electron chi connectivity index (χ0n) is 6.14. The number of carbonyl (C=O) groups is 1. The third-order valence-corrected chi connectivity index (χ3v) is 0.804. The molecule has 0 aliphatic heterocycles. The minimum Gasteiger partial charge on any atom is -0.302 e. The van der Waals surface area contributed by atoms with Gasteiger partial charge in [0.05, 0.1) is 5.92 Å². The van der Waals surface area contributed by atoms with Crippen molar-refractivity contribution in [1.29, 1.82) is 0 Å². The second-order valence-corrected chi connectivity index (χ2v) is 2.37. The van der Waals surface area contributed by atoms with E-state index < -0.39 is 0 Å². The molecule has 0 radical (unpaired) electrons. The first-order valence-corrected chi connectivity index (χ1v) is 3.13. The van der Waals surface area contributed by atoms with Crippen LogP contribution < -0.4 is 0 Å². The molecular formula is C8H12O. The molecule has 50 valence electrons. The molecule has 0 saturated carbocycles. The molecule has 0 fully saturated rings. The fraction of sp³-hybridized carbons (Fsp3) is 0.625. The van der Waals surface area contributed by atoms with Crippen LogP contribution in [-0.2, 0) is 4.79 Å². The molecule has 0 spiro atoms. The minimum absolute atomic E-state index is 0.104. The number of carbonyl (C=O) groups excluding carboxylic acids is 1. The largest absolute Gasteiger partial charge is 0.302 e. The molecule has 0 amide bonds. The Bertz CT molecular complexity index is 136. The standard InChI is InChI=1S/C8H12O/c1-7(2)4-5-8(3)6-9/h6-8H,1-3H3. The van der Waals surface area contributed by atoms with Crippen LogP contribution in [0.4, 0.5) is 0 Å². The van der Waals surface area contributed by atoms with Gasteiger partial charge in [-0.3, -0.25) is 0 Å². The van der Waals surface area contributed by atoms with Gasteiger partial charge in [-0.2, -0.15) is 0 Å². The highest BCUT2D eigenvalue weighted by molar-refractivity contribution is 5.57. The molecule has 1 atom stereocenters. The third kappa shape index (κ3) is 5.10. The summed E-state index contributed by atoms with van der Waals surface area (Å²) in [6, 6.07) is 0. The van der Waals surface area contributed by atoms with E-state index in [0.29, 0.717) is 5.92 Å². The molecular weight excluding hydrogens is 112 g/mol. The number of aldehydes is 1. The fourth-order valence-corrected chi connectivity index (χ4v) is 0.332. The van der Waals surface area contributed by atoms with Crippen LogP contribution in [0.1, 0.15) is 20.8 Å². The Morgan fingerprint density at radius 2 is 1.78 bits per heavy atom. The summed E-state index contributed by atoms with van der Waals surface area (Å²) in [6.07, 6.45) is 0.857. The van der Waals surface area contributed by atoms with Gasteiger partial charge in [0.2, 0.25) is 0 Å². The van der Waals surface area contributed by atoms with Gasteiger partial charge in [0, 0.05) is 5.92 Å². The van der Waals surface area contributed by atoms with Crippen molar-refractivity contribution in [1.82, 2.24) is 0 Å². The summed E-state index contributed by atoms with van der Waals surface area (Å²) in [7, 11) is 0. The van der Waals surface area contributed by atoms with Crippen molar-refractivity contribution in [2.45, 2.75) is 20.8 Å². The zero-order chi connectivity index (χ0) is 7.28. The minimum atomic E-state index is -0.104. The van der Waals surface area contributed by atoms with Gasteiger partial charge in [0.15, 0.2) is 0 Å². The van der Waals surface area contributed by atoms with E-state index in [1.165, 1.54) is 0 Å². The van der Waals surface area contributed by atoms with E-state index in [9.17, 15) is 4.79 Å². The van der Waals surface area contributed by atoms with Gasteiger partial charge in [-0.05, 0) is 6.92 Å². The van der Waals surface area contributed by atoms with Gasteiger partial charge in [0.25, 0.3) is 0 Å². The van der Waals surface area contributed by atoms with Crippen LogP contribution in [0.2, 0.25) is 0 Å². The van der Waals surface area contributed by atoms with Crippen molar-refractivity contribution in [2.24, 2.45) is 11.8 Å². The second-order valence-electron chi connectivity index (χ2n) is 2.37. The molecule has 0 aromatic carbocycles. The third-order valence-electron chi connectivity index (χ3n) is 0.804. The Kier molecular flexibility index (Phi) is 3.79. The highest BCUT2D eigenvalue weighted by Gasteiger charge is 1.89. The molecule has 1 nitrogen and oxygen atoms in total. The Morgan fingerprint density at radius 1 is 1.22 bits per heavy atom. The van der Waals surface area contributed by atoms with E-state index in [2.05, 4.69) is 11.8 Å². The summed E-state index contributed by atoms with van der Waals surface area (Å²) in [6.45, 7) is 5.80. The molecule has 0 bridgehead atoms. The van der Waals surface area contributed by atoms with E-state index >= 15 is 0 Å². The summed E-state index contributed by atoms with van der Waals surface area (Å²) in [5.74, 6) is 5.99. The van der Waals surface area contributed by atoms with E-state index in [-0.39, 0.29) is 5.92 Å². The van der Waals surface area contributed by atoms with Crippen LogP contribution in [-0.4, -0.2) is 6.29 Å². The van der Waals surface area contributed by atoms with Crippen molar-refractivity contribution in [2.75, 3.05) is 0 Å².